The average Bonchev–Trinajstić information content (AvgIpc) is 2.90. The highest BCUT2D eigenvalue weighted by molar-refractivity contribution is 5.94. The van der Waals surface area contributed by atoms with E-state index in [4.69, 9.17) is 4.74 Å². The Morgan fingerprint density at radius 3 is 2.42 bits per heavy atom. The maximum absolute atomic E-state index is 13.4. The molecule has 36 heavy (non-hydrogen) atoms. The largest absolute Gasteiger partial charge is 0.487 e. The van der Waals surface area contributed by atoms with E-state index in [2.05, 4.69) is 40.5 Å². The summed E-state index contributed by atoms with van der Waals surface area (Å²) in [7, 11) is 0. The van der Waals surface area contributed by atoms with Crippen LogP contribution in [0, 0.1) is 12.8 Å². The number of amides is 3. The van der Waals surface area contributed by atoms with Crippen LogP contribution < -0.4 is 15.0 Å². The summed E-state index contributed by atoms with van der Waals surface area (Å²) in [4.78, 5) is 32.6. The highest BCUT2D eigenvalue weighted by Crippen LogP contribution is 2.35. The summed E-state index contributed by atoms with van der Waals surface area (Å²) in [5, 5.41) is 3.31. The van der Waals surface area contributed by atoms with E-state index in [1.165, 1.54) is 5.56 Å². The lowest BCUT2D eigenvalue weighted by Crippen LogP contribution is -2.52. The van der Waals surface area contributed by atoms with Crippen molar-refractivity contribution in [3.05, 3.63) is 59.7 Å². The Balaban J connectivity index is 1.09. The highest BCUT2D eigenvalue weighted by atomic mass is 16.5. The SMILES string of the molecule is Cc1ccc2c(c1)N(C(=O)N1CCC(C(=O)NC3CCN(Cc4ccccc4)CC3)CC1)CC(C)O2. The van der Waals surface area contributed by atoms with Crippen LogP contribution in [0.3, 0.4) is 0 Å². The van der Waals surface area contributed by atoms with Gasteiger partial charge in [-0.2, -0.15) is 0 Å². The third kappa shape index (κ3) is 5.67. The molecule has 7 heteroatoms. The van der Waals surface area contributed by atoms with E-state index in [1.54, 1.807) is 0 Å². The number of ether oxygens (including phenoxy) is 1. The highest BCUT2D eigenvalue weighted by Gasteiger charge is 2.34. The third-order valence-electron chi connectivity index (χ3n) is 7.72. The van der Waals surface area contributed by atoms with Gasteiger partial charge in [-0.05, 0) is 62.8 Å². The minimum atomic E-state index is -0.0495. The normalized spacial score (nSPS) is 21.6. The molecule has 1 unspecified atom stereocenters. The first kappa shape index (κ1) is 24.6. The molecular weight excluding hydrogens is 452 g/mol. The van der Waals surface area contributed by atoms with E-state index in [9.17, 15) is 9.59 Å². The molecule has 1 atom stereocenters. The van der Waals surface area contributed by atoms with Gasteiger partial charge in [-0.25, -0.2) is 4.79 Å². The monoisotopic (exact) mass is 490 g/mol. The predicted octanol–water partition coefficient (Wildman–Crippen LogP) is 4.20. The van der Waals surface area contributed by atoms with E-state index in [0.29, 0.717) is 32.5 Å². The first-order chi connectivity index (χ1) is 17.5. The van der Waals surface area contributed by atoms with Gasteiger partial charge in [-0.1, -0.05) is 36.4 Å². The quantitative estimate of drug-likeness (QED) is 0.698. The molecule has 0 spiro atoms. The molecule has 0 aromatic heterocycles. The molecule has 2 aromatic rings. The van der Waals surface area contributed by atoms with Gasteiger partial charge in [0.2, 0.25) is 5.91 Å². The number of likely N-dealkylation sites (tertiary alicyclic amines) is 2. The van der Waals surface area contributed by atoms with Crippen LogP contribution in [0.25, 0.3) is 0 Å². The lowest BCUT2D eigenvalue weighted by molar-refractivity contribution is -0.127. The number of piperidine rings is 2. The predicted molar refractivity (Wildman–Crippen MR) is 141 cm³/mol. The van der Waals surface area contributed by atoms with Crippen molar-refractivity contribution in [1.82, 2.24) is 15.1 Å². The Morgan fingerprint density at radius 1 is 0.972 bits per heavy atom. The van der Waals surface area contributed by atoms with E-state index in [0.717, 1.165) is 49.5 Å². The number of nitrogens with zero attached hydrogens (tertiary/aromatic N) is 3. The number of hydrogen-bond acceptors (Lipinski definition) is 4. The molecule has 5 rings (SSSR count). The standard InChI is InChI=1S/C29H38N4O3/c1-21-8-9-27-26(18-21)33(19-22(2)36-27)29(35)32-16-10-24(11-17-32)28(34)30-25-12-14-31(15-13-25)20-23-6-4-3-5-7-23/h3-9,18,22,24-25H,10-17,19-20H2,1-2H3,(H,30,34). The molecule has 7 nitrogen and oxygen atoms in total. The average molecular weight is 491 g/mol. The van der Waals surface area contributed by atoms with E-state index >= 15 is 0 Å². The second kappa shape index (κ2) is 10.9. The molecule has 3 aliphatic rings. The number of nitrogens with one attached hydrogen (secondary N) is 1. The number of rotatable bonds is 4. The minimum Gasteiger partial charge on any atom is -0.487 e. The fourth-order valence-electron chi connectivity index (χ4n) is 5.63. The molecule has 2 fully saturated rings. The Kier molecular flexibility index (Phi) is 7.46. The van der Waals surface area contributed by atoms with Gasteiger partial charge in [0.25, 0.3) is 0 Å². The first-order valence-corrected chi connectivity index (χ1v) is 13.4. The van der Waals surface area contributed by atoms with Crippen molar-refractivity contribution in [1.29, 1.82) is 0 Å². The van der Waals surface area contributed by atoms with Crippen molar-refractivity contribution in [3.8, 4) is 5.75 Å². The topological polar surface area (TPSA) is 65.1 Å². The summed E-state index contributed by atoms with van der Waals surface area (Å²) >= 11 is 0. The number of fused-ring (bicyclic) bond motifs is 1. The summed E-state index contributed by atoms with van der Waals surface area (Å²) in [6.45, 7) is 8.76. The Hall–Kier alpha value is -3.06. The summed E-state index contributed by atoms with van der Waals surface area (Å²) in [6, 6.07) is 16.8. The molecule has 3 aliphatic heterocycles. The van der Waals surface area contributed by atoms with Crippen LogP contribution in [0.1, 0.15) is 43.7 Å². The molecule has 2 aromatic carbocycles. The Labute approximate surface area is 214 Å². The van der Waals surface area contributed by atoms with Crippen molar-refractivity contribution in [2.24, 2.45) is 5.92 Å². The molecule has 3 heterocycles. The fraction of sp³-hybridized carbons (Fsp3) is 0.517. The summed E-state index contributed by atoms with van der Waals surface area (Å²) in [5.74, 6) is 0.899. The van der Waals surface area contributed by atoms with Crippen LogP contribution >= 0.6 is 0 Å². The minimum absolute atomic E-state index is 0.0154. The van der Waals surface area contributed by atoms with Crippen LogP contribution in [-0.2, 0) is 11.3 Å². The smallest absolute Gasteiger partial charge is 0.324 e. The van der Waals surface area contributed by atoms with Crippen molar-refractivity contribution in [2.45, 2.75) is 58.2 Å². The zero-order valence-electron chi connectivity index (χ0n) is 21.5. The van der Waals surface area contributed by atoms with Gasteiger partial charge in [0.15, 0.2) is 0 Å². The number of carbonyl (C=O) groups excluding carboxylic acids is 2. The van der Waals surface area contributed by atoms with Gasteiger partial charge >= 0.3 is 6.03 Å². The van der Waals surface area contributed by atoms with Crippen molar-refractivity contribution < 1.29 is 14.3 Å². The van der Waals surface area contributed by atoms with E-state index < -0.39 is 0 Å². The molecule has 0 bridgehead atoms. The lowest BCUT2D eigenvalue weighted by atomic mass is 9.94. The van der Waals surface area contributed by atoms with Gasteiger partial charge in [-0.15, -0.1) is 0 Å². The van der Waals surface area contributed by atoms with Crippen LogP contribution in [0.5, 0.6) is 5.75 Å². The maximum Gasteiger partial charge on any atom is 0.324 e. The molecule has 0 aliphatic carbocycles. The molecule has 1 N–H and O–H groups in total. The Bertz CT molecular complexity index is 1060. The molecule has 3 amide bonds. The summed E-state index contributed by atoms with van der Waals surface area (Å²) in [5.41, 5.74) is 3.29. The lowest BCUT2D eigenvalue weighted by Gasteiger charge is -2.39. The Morgan fingerprint density at radius 2 is 1.69 bits per heavy atom. The van der Waals surface area contributed by atoms with Crippen molar-refractivity contribution >= 4 is 17.6 Å². The van der Waals surface area contributed by atoms with Crippen LogP contribution in [0.4, 0.5) is 10.5 Å². The zero-order chi connectivity index (χ0) is 25.1. The number of carbonyl (C=O) groups is 2. The summed E-state index contributed by atoms with van der Waals surface area (Å²) in [6.07, 6.45) is 3.36. The van der Waals surface area contributed by atoms with Gasteiger partial charge in [0.1, 0.15) is 11.9 Å². The number of anilines is 1. The van der Waals surface area contributed by atoms with Gasteiger partial charge in [0.05, 0.1) is 12.2 Å². The van der Waals surface area contributed by atoms with Gasteiger partial charge in [-0.3, -0.25) is 14.6 Å². The third-order valence-corrected chi connectivity index (χ3v) is 7.72. The molecular formula is C29H38N4O3. The van der Waals surface area contributed by atoms with Crippen LogP contribution in [0.2, 0.25) is 0 Å². The molecule has 0 radical (unpaired) electrons. The van der Waals surface area contributed by atoms with Crippen molar-refractivity contribution in [2.75, 3.05) is 37.6 Å². The summed E-state index contributed by atoms with van der Waals surface area (Å²) < 4.78 is 5.94. The number of benzene rings is 2. The number of hydrogen-bond donors (Lipinski definition) is 1. The van der Waals surface area contributed by atoms with E-state index in [1.807, 2.05) is 41.8 Å². The maximum atomic E-state index is 13.4. The second-order valence-electron chi connectivity index (χ2n) is 10.6. The van der Waals surface area contributed by atoms with Crippen LogP contribution in [0.15, 0.2) is 48.5 Å². The number of aryl methyl sites for hydroxylation is 1. The van der Waals surface area contributed by atoms with Crippen molar-refractivity contribution in [3.63, 3.8) is 0 Å². The zero-order valence-corrected chi connectivity index (χ0v) is 21.5. The number of urea groups is 1. The fourth-order valence-corrected chi connectivity index (χ4v) is 5.63. The van der Waals surface area contributed by atoms with Gasteiger partial charge < -0.3 is 15.0 Å². The van der Waals surface area contributed by atoms with Gasteiger partial charge in [0, 0.05) is 44.7 Å². The molecule has 0 saturated carbocycles. The molecule has 2 saturated heterocycles. The second-order valence-corrected chi connectivity index (χ2v) is 10.6. The van der Waals surface area contributed by atoms with E-state index in [-0.39, 0.29) is 30.0 Å². The molecule has 192 valence electrons. The first-order valence-electron chi connectivity index (χ1n) is 13.4. The van der Waals surface area contributed by atoms with Crippen LogP contribution in [-0.4, -0.2) is 66.6 Å².